The molecule has 0 aliphatic carbocycles. The Bertz CT molecular complexity index is 900. The molecule has 0 saturated carbocycles. The van der Waals surface area contributed by atoms with Crippen LogP contribution < -0.4 is 0 Å². The summed E-state index contributed by atoms with van der Waals surface area (Å²) in [5.41, 5.74) is 3.71. The van der Waals surface area contributed by atoms with Crippen LogP contribution in [0.3, 0.4) is 0 Å². The Kier molecular flexibility index (Phi) is 2.57. The number of para-hydroxylation sites is 4. The molecule has 0 atom stereocenters. The van der Waals surface area contributed by atoms with Gasteiger partial charge in [-0.1, -0.05) is 24.3 Å². The van der Waals surface area contributed by atoms with Crippen LogP contribution in [0.25, 0.3) is 33.8 Å². The van der Waals surface area contributed by atoms with E-state index in [1.807, 2.05) is 42.5 Å². The first-order chi connectivity index (χ1) is 10.2. The third-order valence-corrected chi connectivity index (χ3v) is 3.60. The van der Waals surface area contributed by atoms with Crippen LogP contribution in [-0.2, 0) is 0 Å². The monoisotopic (exact) mass is 277 g/mol. The Morgan fingerprint density at radius 1 is 0.905 bits per heavy atom. The van der Waals surface area contributed by atoms with Gasteiger partial charge in [-0.2, -0.15) is 0 Å². The fraction of sp³-hybridized carbons (Fsp3) is 0.176. The first kappa shape index (κ1) is 12.1. The summed E-state index contributed by atoms with van der Waals surface area (Å²) < 4.78 is 8.05. The summed E-state index contributed by atoms with van der Waals surface area (Å²) in [6.07, 6.45) is 0. The number of hydrogen-bond donors (Lipinski definition) is 0. The predicted molar refractivity (Wildman–Crippen MR) is 83.1 cm³/mol. The van der Waals surface area contributed by atoms with E-state index in [9.17, 15) is 0 Å². The van der Waals surface area contributed by atoms with Crippen LogP contribution in [0, 0.1) is 0 Å². The van der Waals surface area contributed by atoms with Gasteiger partial charge in [-0.3, -0.25) is 0 Å². The molecule has 0 N–H and O–H groups in total. The molecule has 0 spiro atoms. The number of nitrogens with zero attached hydrogens (tertiary/aromatic N) is 3. The molecule has 4 heteroatoms. The fourth-order valence-electron chi connectivity index (χ4n) is 2.69. The maximum atomic E-state index is 5.88. The van der Waals surface area contributed by atoms with Crippen LogP contribution in [0.1, 0.15) is 19.9 Å². The van der Waals surface area contributed by atoms with Gasteiger partial charge in [-0.15, -0.1) is 0 Å². The van der Waals surface area contributed by atoms with Gasteiger partial charge >= 0.3 is 0 Å². The molecule has 4 aromatic rings. The van der Waals surface area contributed by atoms with Crippen LogP contribution in [0.2, 0.25) is 0 Å². The van der Waals surface area contributed by atoms with Crippen molar-refractivity contribution in [3.8, 4) is 11.7 Å². The molecule has 2 aromatic heterocycles. The molecule has 0 aliphatic heterocycles. The van der Waals surface area contributed by atoms with Crippen molar-refractivity contribution in [2.45, 2.75) is 19.9 Å². The number of aromatic nitrogens is 3. The van der Waals surface area contributed by atoms with E-state index in [0.29, 0.717) is 5.89 Å². The fourth-order valence-corrected chi connectivity index (χ4v) is 2.69. The highest BCUT2D eigenvalue weighted by Crippen LogP contribution is 2.29. The predicted octanol–water partition coefficient (Wildman–Crippen LogP) is 4.43. The van der Waals surface area contributed by atoms with Gasteiger partial charge in [0.05, 0.1) is 11.0 Å². The normalized spacial score (nSPS) is 11.8. The maximum Gasteiger partial charge on any atom is 0.264 e. The van der Waals surface area contributed by atoms with Gasteiger partial charge in [-0.05, 0) is 38.1 Å². The highest BCUT2D eigenvalue weighted by Gasteiger charge is 2.19. The zero-order chi connectivity index (χ0) is 14.4. The molecule has 2 heterocycles. The lowest BCUT2D eigenvalue weighted by atomic mass is 10.3. The standard InChI is InChI=1S/C17H15N3O/c1-11(2)20-14-9-5-3-7-12(14)18-16(20)17-19-13-8-4-6-10-15(13)21-17/h3-11H,1-2H3. The highest BCUT2D eigenvalue weighted by molar-refractivity contribution is 5.81. The van der Waals surface area contributed by atoms with Crippen molar-refractivity contribution in [2.75, 3.05) is 0 Å². The molecular weight excluding hydrogens is 262 g/mol. The number of rotatable bonds is 2. The smallest absolute Gasteiger partial charge is 0.264 e. The van der Waals surface area contributed by atoms with E-state index in [1.165, 1.54) is 0 Å². The number of imidazole rings is 1. The second-order valence-electron chi connectivity index (χ2n) is 5.37. The molecule has 4 rings (SSSR count). The number of hydrogen-bond acceptors (Lipinski definition) is 3. The average molecular weight is 277 g/mol. The Morgan fingerprint density at radius 2 is 1.62 bits per heavy atom. The highest BCUT2D eigenvalue weighted by atomic mass is 16.3. The molecule has 0 radical (unpaired) electrons. The summed E-state index contributed by atoms with van der Waals surface area (Å²) in [5, 5.41) is 0. The van der Waals surface area contributed by atoms with Gasteiger partial charge in [0.1, 0.15) is 5.52 Å². The van der Waals surface area contributed by atoms with Crippen molar-refractivity contribution in [3.63, 3.8) is 0 Å². The minimum Gasteiger partial charge on any atom is -0.434 e. The minimum atomic E-state index is 0.280. The molecule has 0 saturated heterocycles. The Hall–Kier alpha value is -2.62. The van der Waals surface area contributed by atoms with Crippen LogP contribution in [0.15, 0.2) is 52.9 Å². The van der Waals surface area contributed by atoms with E-state index < -0.39 is 0 Å². The SMILES string of the molecule is CC(C)n1c(-c2nc3ccccc3o2)nc2ccccc21. The molecule has 0 bridgehead atoms. The van der Waals surface area contributed by atoms with Crippen molar-refractivity contribution < 1.29 is 4.42 Å². The average Bonchev–Trinajstić information content (AvgIpc) is 3.08. The summed E-state index contributed by atoms with van der Waals surface area (Å²) in [4.78, 5) is 9.28. The molecule has 104 valence electrons. The van der Waals surface area contributed by atoms with Crippen LogP contribution in [0.4, 0.5) is 0 Å². The molecule has 0 unspecified atom stereocenters. The Morgan fingerprint density at radius 3 is 2.38 bits per heavy atom. The molecule has 4 nitrogen and oxygen atoms in total. The second-order valence-corrected chi connectivity index (χ2v) is 5.37. The quantitative estimate of drug-likeness (QED) is 0.544. The molecule has 21 heavy (non-hydrogen) atoms. The number of benzene rings is 2. The molecule has 0 fully saturated rings. The second kappa shape index (κ2) is 4.45. The summed E-state index contributed by atoms with van der Waals surface area (Å²) >= 11 is 0. The molecule has 2 aromatic carbocycles. The van der Waals surface area contributed by atoms with Crippen molar-refractivity contribution in [1.82, 2.24) is 14.5 Å². The lowest BCUT2D eigenvalue weighted by molar-refractivity contribution is 0.577. The largest absolute Gasteiger partial charge is 0.434 e. The van der Waals surface area contributed by atoms with E-state index in [4.69, 9.17) is 9.40 Å². The van der Waals surface area contributed by atoms with Gasteiger partial charge in [0.15, 0.2) is 11.4 Å². The van der Waals surface area contributed by atoms with E-state index in [1.54, 1.807) is 0 Å². The van der Waals surface area contributed by atoms with Gasteiger partial charge in [0, 0.05) is 6.04 Å². The third-order valence-electron chi connectivity index (χ3n) is 3.60. The van der Waals surface area contributed by atoms with Crippen molar-refractivity contribution in [2.24, 2.45) is 0 Å². The first-order valence-electron chi connectivity index (χ1n) is 7.07. The summed E-state index contributed by atoms with van der Waals surface area (Å²) in [5.74, 6) is 1.35. The van der Waals surface area contributed by atoms with E-state index in [2.05, 4.69) is 29.5 Å². The molecule has 0 aliphatic rings. The van der Waals surface area contributed by atoms with Gasteiger partial charge in [0.2, 0.25) is 0 Å². The van der Waals surface area contributed by atoms with Gasteiger partial charge in [0.25, 0.3) is 5.89 Å². The van der Waals surface area contributed by atoms with Crippen molar-refractivity contribution in [1.29, 1.82) is 0 Å². The third kappa shape index (κ3) is 1.83. The minimum absolute atomic E-state index is 0.280. The lowest BCUT2D eigenvalue weighted by Crippen LogP contribution is -2.03. The maximum absolute atomic E-state index is 5.88. The van der Waals surface area contributed by atoms with E-state index in [-0.39, 0.29) is 6.04 Å². The van der Waals surface area contributed by atoms with Crippen molar-refractivity contribution in [3.05, 3.63) is 48.5 Å². The Balaban J connectivity index is 2.02. The number of fused-ring (bicyclic) bond motifs is 2. The summed E-state index contributed by atoms with van der Waals surface area (Å²) in [6.45, 7) is 4.28. The zero-order valence-electron chi connectivity index (χ0n) is 11.9. The lowest BCUT2D eigenvalue weighted by Gasteiger charge is -2.10. The van der Waals surface area contributed by atoms with Crippen molar-refractivity contribution >= 4 is 22.1 Å². The van der Waals surface area contributed by atoms with Crippen LogP contribution in [0.5, 0.6) is 0 Å². The number of oxazole rings is 1. The summed E-state index contributed by atoms with van der Waals surface area (Å²) in [7, 11) is 0. The van der Waals surface area contributed by atoms with Gasteiger partial charge in [-0.25, -0.2) is 9.97 Å². The van der Waals surface area contributed by atoms with E-state index >= 15 is 0 Å². The van der Waals surface area contributed by atoms with E-state index in [0.717, 1.165) is 28.0 Å². The first-order valence-corrected chi connectivity index (χ1v) is 7.07. The molecule has 0 amide bonds. The zero-order valence-corrected chi connectivity index (χ0v) is 11.9. The summed E-state index contributed by atoms with van der Waals surface area (Å²) in [6, 6.07) is 16.2. The van der Waals surface area contributed by atoms with Crippen LogP contribution in [-0.4, -0.2) is 14.5 Å². The Labute approximate surface area is 122 Å². The van der Waals surface area contributed by atoms with Gasteiger partial charge < -0.3 is 8.98 Å². The topological polar surface area (TPSA) is 43.9 Å². The van der Waals surface area contributed by atoms with Crippen LogP contribution >= 0.6 is 0 Å². The molecular formula is C17H15N3O.